The summed E-state index contributed by atoms with van der Waals surface area (Å²) >= 11 is 3.10. The van der Waals surface area contributed by atoms with E-state index in [9.17, 15) is 4.79 Å². The normalized spacial score (nSPS) is 17.4. The van der Waals surface area contributed by atoms with Crippen molar-refractivity contribution in [3.05, 3.63) is 39.3 Å². The van der Waals surface area contributed by atoms with Gasteiger partial charge in [-0.15, -0.1) is 16.4 Å². The third kappa shape index (κ3) is 4.11. The lowest BCUT2D eigenvalue weighted by Crippen LogP contribution is -2.39. The Labute approximate surface area is 166 Å². The molecule has 1 unspecified atom stereocenters. The molecule has 8 heteroatoms. The van der Waals surface area contributed by atoms with Crippen molar-refractivity contribution < 1.29 is 9.32 Å². The molecule has 3 aromatic heterocycles. The number of nitrogens with zero attached hydrogens (tertiary/aromatic N) is 4. The van der Waals surface area contributed by atoms with Crippen LogP contribution in [0.5, 0.6) is 0 Å². The van der Waals surface area contributed by atoms with Crippen LogP contribution in [0.3, 0.4) is 0 Å². The Kier molecular flexibility index (Phi) is 5.36. The van der Waals surface area contributed by atoms with E-state index in [-0.39, 0.29) is 11.8 Å². The first kappa shape index (κ1) is 18.3. The van der Waals surface area contributed by atoms with Gasteiger partial charge in [0.25, 0.3) is 0 Å². The fraction of sp³-hybridized carbons (Fsp3) is 0.474. The summed E-state index contributed by atoms with van der Waals surface area (Å²) in [6, 6.07) is 6.15. The monoisotopic (exact) mass is 402 g/mol. The zero-order chi connectivity index (χ0) is 18.8. The number of hydrogen-bond donors (Lipinski definition) is 0. The SMILES string of the molecule is Cc1cc(-c2snnc2C2CCCN(C(=O)CCc3ccc(C)s3)C2)on1. The summed E-state index contributed by atoms with van der Waals surface area (Å²) in [4.78, 5) is 18.2. The first-order valence-corrected chi connectivity index (χ1v) is 10.8. The Morgan fingerprint density at radius 2 is 2.26 bits per heavy atom. The predicted octanol–water partition coefficient (Wildman–Crippen LogP) is 4.21. The molecule has 0 spiro atoms. The second kappa shape index (κ2) is 7.90. The maximum atomic E-state index is 12.7. The fourth-order valence-electron chi connectivity index (χ4n) is 3.54. The van der Waals surface area contributed by atoms with E-state index in [4.69, 9.17) is 4.52 Å². The van der Waals surface area contributed by atoms with Crippen molar-refractivity contribution in [3.63, 3.8) is 0 Å². The lowest BCUT2D eigenvalue weighted by atomic mass is 9.93. The Hall–Kier alpha value is -2.06. The molecule has 1 saturated heterocycles. The summed E-state index contributed by atoms with van der Waals surface area (Å²) in [5.74, 6) is 1.14. The van der Waals surface area contributed by atoms with Gasteiger partial charge in [-0.3, -0.25) is 4.79 Å². The molecule has 4 rings (SSSR count). The smallest absolute Gasteiger partial charge is 0.222 e. The van der Waals surface area contributed by atoms with E-state index in [0.717, 1.165) is 42.1 Å². The number of likely N-dealkylation sites (tertiary alicyclic amines) is 1. The van der Waals surface area contributed by atoms with E-state index < -0.39 is 0 Å². The molecule has 1 amide bonds. The van der Waals surface area contributed by atoms with E-state index in [1.54, 1.807) is 11.3 Å². The van der Waals surface area contributed by atoms with Crippen molar-refractivity contribution in [1.29, 1.82) is 0 Å². The van der Waals surface area contributed by atoms with Crippen molar-refractivity contribution in [2.75, 3.05) is 13.1 Å². The Bertz CT molecular complexity index is 930. The Morgan fingerprint density at radius 1 is 1.37 bits per heavy atom. The molecule has 3 aromatic rings. The maximum Gasteiger partial charge on any atom is 0.222 e. The molecule has 142 valence electrons. The van der Waals surface area contributed by atoms with Gasteiger partial charge in [0.2, 0.25) is 5.91 Å². The first-order chi connectivity index (χ1) is 13.1. The van der Waals surface area contributed by atoms with Gasteiger partial charge in [0, 0.05) is 41.2 Å². The lowest BCUT2D eigenvalue weighted by molar-refractivity contribution is -0.132. The minimum atomic E-state index is 0.200. The van der Waals surface area contributed by atoms with Gasteiger partial charge in [-0.25, -0.2) is 0 Å². The van der Waals surface area contributed by atoms with E-state index >= 15 is 0 Å². The number of hydrogen-bond acceptors (Lipinski definition) is 7. The molecule has 6 nitrogen and oxygen atoms in total. The summed E-state index contributed by atoms with van der Waals surface area (Å²) in [7, 11) is 0. The Balaban J connectivity index is 1.42. The minimum Gasteiger partial charge on any atom is -0.355 e. The molecule has 1 aliphatic heterocycles. The molecule has 0 aliphatic carbocycles. The standard InChI is InChI=1S/C19H22N4O2S2/c1-12-10-16(25-21-12)19-18(20-22-27-19)14-4-3-9-23(11-14)17(24)8-7-15-6-5-13(2)26-15/h5-6,10,14H,3-4,7-9,11H2,1-2H3. The zero-order valence-electron chi connectivity index (χ0n) is 15.5. The van der Waals surface area contributed by atoms with Crippen molar-refractivity contribution in [2.45, 2.75) is 45.4 Å². The molecular formula is C19H22N4O2S2. The molecule has 0 aromatic carbocycles. The van der Waals surface area contributed by atoms with Gasteiger partial charge < -0.3 is 9.42 Å². The molecule has 1 aliphatic rings. The van der Waals surface area contributed by atoms with Crippen LogP contribution in [0.1, 0.15) is 46.3 Å². The molecule has 0 saturated carbocycles. The zero-order valence-corrected chi connectivity index (χ0v) is 17.1. The molecule has 4 heterocycles. The van der Waals surface area contributed by atoms with Crippen LogP contribution >= 0.6 is 22.9 Å². The number of thiophene rings is 1. The number of amides is 1. The number of carbonyl (C=O) groups excluding carboxylic acids is 1. The van der Waals surface area contributed by atoms with Gasteiger partial charge in [0.1, 0.15) is 4.88 Å². The van der Waals surface area contributed by atoms with Crippen LogP contribution in [0.15, 0.2) is 22.7 Å². The highest BCUT2D eigenvalue weighted by Gasteiger charge is 2.29. The summed E-state index contributed by atoms with van der Waals surface area (Å²) in [5.41, 5.74) is 1.77. The summed E-state index contributed by atoms with van der Waals surface area (Å²) in [6.07, 6.45) is 3.38. The number of carbonyl (C=O) groups is 1. The van der Waals surface area contributed by atoms with Crippen molar-refractivity contribution in [2.24, 2.45) is 0 Å². The van der Waals surface area contributed by atoms with E-state index in [1.807, 2.05) is 17.9 Å². The van der Waals surface area contributed by atoms with Gasteiger partial charge in [-0.1, -0.05) is 9.64 Å². The second-order valence-corrected chi connectivity index (χ2v) is 9.14. The number of aromatic nitrogens is 3. The highest BCUT2D eigenvalue weighted by molar-refractivity contribution is 7.11. The third-order valence-electron chi connectivity index (χ3n) is 4.91. The van der Waals surface area contributed by atoms with Gasteiger partial charge >= 0.3 is 0 Å². The highest BCUT2D eigenvalue weighted by atomic mass is 32.1. The van der Waals surface area contributed by atoms with Crippen LogP contribution in [0.2, 0.25) is 0 Å². The Morgan fingerprint density at radius 3 is 3.00 bits per heavy atom. The number of aryl methyl sites for hydroxylation is 3. The topological polar surface area (TPSA) is 72.1 Å². The quantitative estimate of drug-likeness (QED) is 0.639. The van der Waals surface area contributed by atoms with Gasteiger partial charge in [-0.2, -0.15) is 0 Å². The van der Waals surface area contributed by atoms with E-state index in [1.165, 1.54) is 21.3 Å². The lowest BCUT2D eigenvalue weighted by Gasteiger charge is -2.32. The molecule has 0 bridgehead atoms. The van der Waals surface area contributed by atoms with Crippen LogP contribution in [-0.2, 0) is 11.2 Å². The molecule has 27 heavy (non-hydrogen) atoms. The van der Waals surface area contributed by atoms with Crippen LogP contribution in [0.4, 0.5) is 0 Å². The van der Waals surface area contributed by atoms with Crippen molar-refractivity contribution >= 4 is 28.8 Å². The van der Waals surface area contributed by atoms with Crippen molar-refractivity contribution in [3.8, 4) is 10.6 Å². The molecule has 1 atom stereocenters. The number of rotatable bonds is 5. The predicted molar refractivity (Wildman–Crippen MR) is 106 cm³/mol. The average molecular weight is 403 g/mol. The first-order valence-electron chi connectivity index (χ1n) is 9.19. The minimum absolute atomic E-state index is 0.200. The van der Waals surface area contributed by atoms with Gasteiger partial charge in [0.15, 0.2) is 5.76 Å². The number of piperidine rings is 1. The van der Waals surface area contributed by atoms with E-state index in [2.05, 4.69) is 33.8 Å². The third-order valence-corrected chi connectivity index (χ3v) is 6.72. The van der Waals surface area contributed by atoms with Crippen LogP contribution in [0.25, 0.3) is 10.6 Å². The molecule has 0 radical (unpaired) electrons. The fourth-order valence-corrected chi connectivity index (χ4v) is 5.13. The summed E-state index contributed by atoms with van der Waals surface area (Å²) in [6.45, 7) is 5.53. The van der Waals surface area contributed by atoms with Gasteiger partial charge in [0.05, 0.1) is 11.4 Å². The highest BCUT2D eigenvalue weighted by Crippen LogP contribution is 2.35. The molecule has 1 fully saturated rings. The molecular weight excluding hydrogens is 380 g/mol. The van der Waals surface area contributed by atoms with E-state index in [0.29, 0.717) is 18.7 Å². The van der Waals surface area contributed by atoms with Crippen LogP contribution in [-0.4, -0.2) is 38.6 Å². The van der Waals surface area contributed by atoms with Gasteiger partial charge in [-0.05, 0) is 56.8 Å². The summed E-state index contributed by atoms with van der Waals surface area (Å²) in [5, 5.41) is 8.33. The largest absolute Gasteiger partial charge is 0.355 e. The second-order valence-electron chi connectivity index (χ2n) is 7.01. The van der Waals surface area contributed by atoms with Crippen molar-refractivity contribution in [1.82, 2.24) is 19.6 Å². The maximum absolute atomic E-state index is 12.7. The summed E-state index contributed by atoms with van der Waals surface area (Å²) < 4.78 is 9.54. The average Bonchev–Trinajstić information content (AvgIpc) is 3.40. The van der Waals surface area contributed by atoms with Crippen LogP contribution < -0.4 is 0 Å². The molecule has 0 N–H and O–H groups in total. The van der Waals surface area contributed by atoms with Crippen LogP contribution in [0, 0.1) is 13.8 Å².